The number of carboxylic acid groups (broad SMARTS) is 1. The van der Waals surface area contributed by atoms with Gasteiger partial charge in [-0.15, -0.1) is 5.10 Å². The van der Waals surface area contributed by atoms with E-state index in [1.54, 1.807) is 0 Å². The SMILES string of the molecule is Cc1cc(C)n2nc(C(=O)NC3(CC(=O)O)CCC3)nc2n1. The molecule has 1 aliphatic rings. The van der Waals surface area contributed by atoms with E-state index in [9.17, 15) is 9.59 Å². The number of aryl methyl sites for hydroxylation is 2. The molecular formula is C14H17N5O3. The number of fused-ring (bicyclic) bond motifs is 1. The van der Waals surface area contributed by atoms with Gasteiger partial charge in [0.25, 0.3) is 11.7 Å². The molecule has 8 nitrogen and oxygen atoms in total. The second-order valence-corrected chi connectivity index (χ2v) is 5.84. The lowest BCUT2D eigenvalue weighted by molar-refractivity contribution is -0.139. The molecule has 1 saturated carbocycles. The van der Waals surface area contributed by atoms with E-state index in [4.69, 9.17) is 5.11 Å². The first-order valence-electron chi connectivity index (χ1n) is 7.14. The Kier molecular flexibility index (Phi) is 3.31. The number of nitrogens with one attached hydrogen (secondary N) is 1. The van der Waals surface area contributed by atoms with Gasteiger partial charge in [0.2, 0.25) is 5.82 Å². The molecule has 2 N–H and O–H groups in total. The van der Waals surface area contributed by atoms with Crippen molar-refractivity contribution in [2.24, 2.45) is 0 Å². The highest BCUT2D eigenvalue weighted by Gasteiger charge is 2.41. The average Bonchev–Trinajstić information content (AvgIpc) is 2.79. The van der Waals surface area contributed by atoms with Gasteiger partial charge in [0, 0.05) is 11.4 Å². The summed E-state index contributed by atoms with van der Waals surface area (Å²) in [4.78, 5) is 31.7. The van der Waals surface area contributed by atoms with Crippen LogP contribution in [0.5, 0.6) is 0 Å². The second-order valence-electron chi connectivity index (χ2n) is 5.84. The molecule has 0 unspecified atom stereocenters. The van der Waals surface area contributed by atoms with Gasteiger partial charge in [-0.05, 0) is 39.2 Å². The first-order chi connectivity index (χ1) is 10.4. The monoisotopic (exact) mass is 303 g/mol. The highest BCUT2D eigenvalue weighted by atomic mass is 16.4. The van der Waals surface area contributed by atoms with E-state index >= 15 is 0 Å². The number of rotatable bonds is 4. The summed E-state index contributed by atoms with van der Waals surface area (Å²) in [5, 5.41) is 15.9. The predicted octanol–water partition coefficient (Wildman–Crippen LogP) is 0.868. The molecule has 2 heterocycles. The number of amides is 1. The Morgan fingerprint density at radius 2 is 2.09 bits per heavy atom. The topological polar surface area (TPSA) is 109 Å². The summed E-state index contributed by atoms with van der Waals surface area (Å²) in [6.07, 6.45) is 2.15. The lowest BCUT2D eigenvalue weighted by Crippen LogP contribution is -2.54. The molecule has 22 heavy (non-hydrogen) atoms. The first-order valence-corrected chi connectivity index (χ1v) is 7.14. The molecule has 3 rings (SSSR count). The van der Waals surface area contributed by atoms with Crippen LogP contribution in [0, 0.1) is 13.8 Å². The number of carbonyl (C=O) groups is 2. The van der Waals surface area contributed by atoms with Crippen molar-refractivity contribution in [2.45, 2.75) is 45.1 Å². The fourth-order valence-electron chi connectivity index (χ4n) is 2.80. The molecule has 2 aromatic rings. The molecular weight excluding hydrogens is 286 g/mol. The van der Waals surface area contributed by atoms with Crippen molar-refractivity contribution in [1.29, 1.82) is 0 Å². The first kappa shape index (κ1) is 14.4. The number of carbonyl (C=O) groups excluding carboxylic acids is 1. The molecule has 0 aliphatic heterocycles. The van der Waals surface area contributed by atoms with Crippen LogP contribution < -0.4 is 5.32 Å². The summed E-state index contributed by atoms with van der Waals surface area (Å²) >= 11 is 0. The molecule has 0 atom stereocenters. The summed E-state index contributed by atoms with van der Waals surface area (Å²) in [7, 11) is 0. The maximum Gasteiger partial charge on any atom is 0.305 e. The van der Waals surface area contributed by atoms with Gasteiger partial charge in [-0.25, -0.2) is 9.50 Å². The molecule has 2 aromatic heterocycles. The van der Waals surface area contributed by atoms with E-state index < -0.39 is 17.4 Å². The summed E-state index contributed by atoms with van der Waals surface area (Å²) < 4.78 is 1.51. The zero-order valence-corrected chi connectivity index (χ0v) is 12.5. The quantitative estimate of drug-likeness (QED) is 0.867. The van der Waals surface area contributed by atoms with Crippen LogP contribution in [0.25, 0.3) is 5.78 Å². The molecule has 1 aliphatic carbocycles. The van der Waals surface area contributed by atoms with Crippen molar-refractivity contribution in [3.05, 3.63) is 23.3 Å². The van der Waals surface area contributed by atoms with Crippen molar-refractivity contribution in [1.82, 2.24) is 24.9 Å². The van der Waals surface area contributed by atoms with Gasteiger partial charge in [0.1, 0.15) is 0 Å². The van der Waals surface area contributed by atoms with Gasteiger partial charge in [-0.3, -0.25) is 9.59 Å². The van der Waals surface area contributed by atoms with Crippen molar-refractivity contribution in [3.8, 4) is 0 Å². The van der Waals surface area contributed by atoms with Gasteiger partial charge >= 0.3 is 5.97 Å². The highest BCUT2D eigenvalue weighted by molar-refractivity contribution is 5.91. The van der Waals surface area contributed by atoms with E-state index in [-0.39, 0.29) is 12.2 Å². The van der Waals surface area contributed by atoms with E-state index in [0.29, 0.717) is 18.6 Å². The largest absolute Gasteiger partial charge is 0.481 e. The number of hydrogen-bond donors (Lipinski definition) is 2. The van der Waals surface area contributed by atoms with Gasteiger partial charge in [-0.2, -0.15) is 4.98 Å². The Bertz CT molecular complexity index is 763. The van der Waals surface area contributed by atoms with Crippen molar-refractivity contribution in [2.75, 3.05) is 0 Å². The zero-order chi connectivity index (χ0) is 15.9. The summed E-state index contributed by atoms with van der Waals surface area (Å²) in [5.74, 6) is -0.999. The Hall–Kier alpha value is -2.51. The minimum absolute atomic E-state index is 0.0119. The molecule has 0 spiro atoms. The van der Waals surface area contributed by atoms with Gasteiger partial charge in [0.15, 0.2) is 0 Å². The third-order valence-electron chi connectivity index (χ3n) is 4.00. The molecule has 0 radical (unpaired) electrons. The lowest BCUT2D eigenvalue weighted by Gasteiger charge is -2.41. The maximum atomic E-state index is 12.3. The minimum atomic E-state index is -0.920. The van der Waals surface area contributed by atoms with E-state index in [2.05, 4.69) is 20.4 Å². The van der Waals surface area contributed by atoms with Crippen molar-refractivity contribution in [3.63, 3.8) is 0 Å². The molecule has 8 heteroatoms. The van der Waals surface area contributed by atoms with Crippen LogP contribution >= 0.6 is 0 Å². The van der Waals surface area contributed by atoms with Crippen LogP contribution in [-0.2, 0) is 4.79 Å². The van der Waals surface area contributed by atoms with Crippen LogP contribution in [0.4, 0.5) is 0 Å². The van der Waals surface area contributed by atoms with Crippen LogP contribution in [0.1, 0.15) is 47.7 Å². The smallest absolute Gasteiger partial charge is 0.305 e. The van der Waals surface area contributed by atoms with Crippen molar-refractivity contribution < 1.29 is 14.7 Å². The van der Waals surface area contributed by atoms with Crippen LogP contribution in [0.3, 0.4) is 0 Å². The van der Waals surface area contributed by atoms with Crippen LogP contribution in [0.15, 0.2) is 6.07 Å². The van der Waals surface area contributed by atoms with Crippen LogP contribution in [-0.4, -0.2) is 42.1 Å². The number of hydrogen-bond acceptors (Lipinski definition) is 5. The Labute approximate surface area is 126 Å². The molecule has 1 fully saturated rings. The molecule has 0 bridgehead atoms. The fraction of sp³-hybridized carbons (Fsp3) is 0.500. The Morgan fingerprint density at radius 3 is 2.68 bits per heavy atom. The lowest BCUT2D eigenvalue weighted by atomic mass is 9.74. The number of aromatic nitrogens is 4. The fourth-order valence-corrected chi connectivity index (χ4v) is 2.80. The summed E-state index contributed by atoms with van der Waals surface area (Å²) in [6, 6.07) is 1.85. The standard InChI is InChI=1S/C14H17N5O3/c1-8-6-9(2)19-13(15-8)16-11(18-19)12(22)17-14(4-3-5-14)7-10(20)21/h6H,3-5,7H2,1-2H3,(H,17,22)(H,20,21). The van der Waals surface area contributed by atoms with Gasteiger partial charge in [-0.1, -0.05) is 0 Å². The van der Waals surface area contributed by atoms with Gasteiger partial charge < -0.3 is 10.4 Å². The maximum absolute atomic E-state index is 12.3. The highest BCUT2D eigenvalue weighted by Crippen LogP contribution is 2.35. The normalized spacial score (nSPS) is 16.3. The van der Waals surface area contributed by atoms with E-state index in [0.717, 1.165) is 17.8 Å². The Balaban J connectivity index is 1.86. The van der Waals surface area contributed by atoms with Crippen LogP contribution in [0.2, 0.25) is 0 Å². The van der Waals surface area contributed by atoms with E-state index in [1.165, 1.54) is 4.52 Å². The molecule has 0 saturated heterocycles. The number of carboxylic acids is 1. The van der Waals surface area contributed by atoms with Crippen molar-refractivity contribution >= 4 is 17.7 Å². The molecule has 0 aromatic carbocycles. The average molecular weight is 303 g/mol. The Morgan fingerprint density at radius 1 is 1.36 bits per heavy atom. The molecule has 116 valence electrons. The summed E-state index contributed by atoms with van der Waals surface area (Å²) in [6.45, 7) is 3.70. The molecule has 1 amide bonds. The number of nitrogens with zero attached hydrogens (tertiary/aromatic N) is 4. The second kappa shape index (κ2) is 5.04. The third-order valence-corrected chi connectivity index (χ3v) is 4.00. The number of aliphatic carboxylic acids is 1. The third kappa shape index (κ3) is 2.51. The zero-order valence-electron chi connectivity index (χ0n) is 12.5. The minimum Gasteiger partial charge on any atom is -0.481 e. The van der Waals surface area contributed by atoms with E-state index in [1.807, 2.05) is 19.9 Å². The predicted molar refractivity (Wildman–Crippen MR) is 76.6 cm³/mol. The summed E-state index contributed by atoms with van der Waals surface area (Å²) in [5.41, 5.74) is 0.961. The van der Waals surface area contributed by atoms with Gasteiger partial charge in [0.05, 0.1) is 12.0 Å².